The van der Waals surface area contributed by atoms with Crippen molar-refractivity contribution in [2.75, 3.05) is 6.61 Å². The van der Waals surface area contributed by atoms with Crippen molar-refractivity contribution in [3.63, 3.8) is 0 Å². The summed E-state index contributed by atoms with van der Waals surface area (Å²) in [5.41, 5.74) is 2.45. The van der Waals surface area contributed by atoms with Gasteiger partial charge in [0.05, 0.1) is 6.61 Å². The van der Waals surface area contributed by atoms with Crippen molar-refractivity contribution in [1.82, 2.24) is 10.6 Å². The number of rotatable bonds is 9. The SMILES string of the molecule is CCOc1cc(COc2ccc(C=C3C(=O)NC(=O)NC3=O)cc2)ccc1OCc1ccccc1. The fraction of sp³-hybridized carbons (Fsp3) is 0.148. The van der Waals surface area contributed by atoms with Gasteiger partial charge < -0.3 is 14.2 Å². The summed E-state index contributed by atoms with van der Waals surface area (Å²) >= 11 is 0. The first kappa shape index (κ1) is 23.6. The van der Waals surface area contributed by atoms with E-state index in [1.54, 1.807) is 24.3 Å². The fourth-order valence-electron chi connectivity index (χ4n) is 3.37. The van der Waals surface area contributed by atoms with E-state index < -0.39 is 17.8 Å². The molecule has 0 aromatic heterocycles. The predicted molar refractivity (Wildman–Crippen MR) is 129 cm³/mol. The molecule has 0 spiro atoms. The lowest BCUT2D eigenvalue weighted by molar-refractivity contribution is -0.123. The molecule has 178 valence electrons. The molecule has 4 rings (SSSR count). The van der Waals surface area contributed by atoms with Crippen molar-refractivity contribution in [1.29, 1.82) is 0 Å². The normalized spacial score (nSPS) is 13.1. The first-order valence-corrected chi connectivity index (χ1v) is 11.1. The third kappa shape index (κ3) is 6.26. The summed E-state index contributed by atoms with van der Waals surface area (Å²) in [7, 11) is 0. The van der Waals surface area contributed by atoms with Crippen LogP contribution in [0.1, 0.15) is 23.6 Å². The minimum absolute atomic E-state index is 0.142. The van der Waals surface area contributed by atoms with E-state index in [9.17, 15) is 14.4 Å². The largest absolute Gasteiger partial charge is 0.490 e. The first-order valence-electron chi connectivity index (χ1n) is 11.1. The van der Waals surface area contributed by atoms with Gasteiger partial charge in [-0.05, 0) is 54.0 Å². The molecular formula is C27H24N2O6. The van der Waals surface area contributed by atoms with E-state index in [0.717, 1.165) is 11.1 Å². The fourth-order valence-corrected chi connectivity index (χ4v) is 3.37. The van der Waals surface area contributed by atoms with Gasteiger partial charge in [-0.15, -0.1) is 0 Å². The van der Waals surface area contributed by atoms with Crippen LogP contribution >= 0.6 is 0 Å². The van der Waals surface area contributed by atoms with Crippen LogP contribution in [0.4, 0.5) is 4.79 Å². The zero-order chi connectivity index (χ0) is 24.6. The quantitative estimate of drug-likeness (QED) is 0.361. The van der Waals surface area contributed by atoms with Crippen LogP contribution in [0.5, 0.6) is 17.2 Å². The third-order valence-corrected chi connectivity index (χ3v) is 5.09. The lowest BCUT2D eigenvalue weighted by Gasteiger charge is -2.14. The molecule has 1 saturated heterocycles. The number of barbiturate groups is 1. The van der Waals surface area contributed by atoms with Crippen LogP contribution in [0, 0.1) is 0 Å². The van der Waals surface area contributed by atoms with E-state index in [1.807, 2.05) is 66.1 Å². The molecule has 1 heterocycles. The van der Waals surface area contributed by atoms with Crippen LogP contribution in [-0.2, 0) is 22.8 Å². The summed E-state index contributed by atoms with van der Waals surface area (Å²) in [4.78, 5) is 34.9. The molecule has 1 fully saturated rings. The Kier molecular flexibility index (Phi) is 7.42. The van der Waals surface area contributed by atoms with Gasteiger partial charge in [0.2, 0.25) is 0 Å². The molecule has 3 aromatic rings. The molecule has 3 aromatic carbocycles. The number of hydrogen-bond donors (Lipinski definition) is 2. The Labute approximate surface area is 202 Å². The number of imide groups is 2. The van der Waals surface area contributed by atoms with E-state index in [2.05, 4.69) is 0 Å². The van der Waals surface area contributed by atoms with Crippen molar-refractivity contribution in [2.45, 2.75) is 20.1 Å². The average Bonchev–Trinajstić information content (AvgIpc) is 2.86. The number of benzene rings is 3. The Hall–Kier alpha value is -4.59. The van der Waals surface area contributed by atoms with Crippen LogP contribution in [0.25, 0.3) is 6.08 Å². The number of carbonyl (C=O) groups excluding carboxylic acids is 3. The van der Waals surface area contributed by atoms with Gasteiger partial charge in [0, 0.05) is 0 Å². The number of carbonyl (C=O) groups is 3. The second-order valence-corrected chi connectivity index (χ2v) is 7.64. The summed E-state index contributed by atoms with van der Waals surface area (Å²) in [6, 6.07) is 21.7. The first-order chi connectivity index (χ1) is 17.0. The van der Waals surface area contributed by atoms with Crippen LogP contribution in [0.15, 0.2) is 78.4 Å². The van der Waals surface area contributed by atoms with Crippen LogP contribution in [-0.4, -0.2) is 24.5 Å². The summed E-state index contributed by atoms with van der Waals surface area (Å²) in [6.07, 6.45) is 1.41. The highest BCUT2D eigenvalue weighted by molar-refractivity contribution is 6.31. The molecule has 0 atom stereocenters. The molecule has 0 radical (unpaired) electrons. The predicted octanol–water partition coefficient (Wildman–Crippen LogP) is 3.99. The van der Waals surface area contributed by atoms with Gasteiger partial charge in [0.15, 0.2) is 11.5 Å². The molecule has 8 heteroatoms. The minimum atomic E-state index is -0.829. The molecule has 4 amide bonds. The van der Waals surface area contributed by atoms with E-state index in [4.69, 9.17) is 14.2 Å². The minimum Gasteiger partial charge on any atom is -0.490 e. The van der Waals surface area contributed by atoms with E-state index in [-0.39, 0.29) is 5.57 Å². The maximum atomic E-state index is 11.9. The highest BCUT2D eigenvalue weighted by atomic mass is 16.5. The van der Waals surface area contributed by atoms with Gasteiger partial charge in [-0.1, -0.05) is 48.5 Å². The van der Waals surface area contributed by atoms with Gasteiger partial charge in [0.1, 0.15) is 24.5 Å². The van der Waals surface area contributed by atoms with Gasteiger partial charge in [0.25, 0.3) is 11.8 Å². The molecule has 0 aliphatic carbocycles. The molecule has 0 unspecified atom stereocenters. The standard InChI is InChI=1S/C27H24N2O6/c1-2-33-24-15-20(10-13-23(24)35-16-19-6-4-3-5-7-19)17-34-21-11-8-18(9-12-21)14-22-25(30)28-27(32)29-26(22)31/h3-15H,2,16-17H2,1H3,(H2,28,29,30,31,32). The Morgan fingerprint density at radius 2 is 1.40 bits per heavy atom. The van der Waals surface area contributed by atoms with Crippen molar-refractivity contribution in [3.05, 3.63) is 95.1 Å². The number of nitrogens with one attached hydrogen (secondary N) is 2. The summed E-state index contributed by atoms with van der Waals surface area (Å²) < 4.78 is 17.6. The molecule has 0 bridgehead atoms. The van der Waals surface area contributed by atoms with E-state index in [1.165, 1.54) is 6.08 Å². The molecule has 0 saturated carbocycles. The Morgan fingerprint density at radius 3 is 2.09 bits per heavy atom. The second-order valence-electron chi connectivity index (χ2n) is 7.64. The van der Waals surface area contributed by atoms with Gasteiger partial charge >= 0.3 is 6.03 Å². The zero-order valence-electron chi connectivity index (χ0n) is 19.1. The molecule has 8 nitrogen and oxygen atoms in total. The molecule has 35 heavy (non-hydrogen) atoms. The average molecular weight is 472 g/mol. The van der Waals surface area contributed by atoms with E-state index >= 15 is 0 Å². The Morgan fingerprint density at radius 1 is 0.714 bits per heavy atom. The highest BCUT2D eigenvalue weighted by Crippen LogP contribution is 2.30. The molecule has 2 N–H and O–H groups in total. The number of ether oxygens (including phenoxy) is 3. The number of urea groups is 1. The van der Waals surface area contributed by atoms with E-state index in [0.29, 0.717) is 42.6 Å². The lowest BCUT2D eigenvalue weighted by Crippen LogP contribution is -2.51. The van der Waals surface area contributed by atoms with Gasteiger partial charge in [-0.2, -0.15) is 0 Å². The maximum absolute atomic E-state index is 11.9. The van der Waals surface area contributed by atoms with Crippen LogP contribution < -0.4 is 24.8 Å². The summed E-state index contributed by atoms with van der Waals surface area (Å²) in [5, 5.41) is 4.08. The van der Waals surface area contributed by atoms with Crippen molar-refractivity contribution in [2.24, 2.45) is 0 Å². The molecule has 1 aliphatic heterocycles. The maximum Gasteiger partial charge on any atom is 0.328 e. The topological polar surface area (TPSA) is 103 Å². The lowest BCUT2D eigenvalue weighted by atomic mass is 10.1. The van der Waals surface area contributed by atoms with Gasteiger partial charge in [-0.3, -0.25) is 20.2 Å². The monoisotopic (exact) mass is 472 g/mol. The van der Waals surface area contributed by atoms with Crippen LogP contribution in [0.2, 0.25) is 0 Å². The molecular weight excluding hydrogens is 448 g/mol. The smallest absolute Gasteiger partial charge is 0.328 e. The summed E-state index contributed by atoms with van der Waals surface area (Å²) in [5.74, 6) is 0.450. The second kappa shape index (κ2) is 11.0. The Balaban J connectivity index is 1.38. The van der Waals surface area contributed by atoms with Crippen molar-refractivity contribution >= 4 is 23.9 Å². The highest BCUT2D eigenvalue weighted by Gasteiger charge is 2.27. The van der Waals surface area contributed by atoms with Gasteiger partial charge in [-0.25, -0.2) is 4.79 Å². The van der Waals surface area contributed by atoms with Crippen molar-refractivity contribution in [3.8, 4) is 17.2 Å². The van der Waals surface area contributed by atoms with Crippen molar-refractivity contribution < 1.29 is 28.6 Å². The number of amides is 4. The van der Waals surface area contributed by atoms with Crippen LogP contribution in [0.3, 0.4) is 0 Å². The summed E-state index contributed by atoms with van der Waals surface area (Å²) in [6.45, 7) is 3.18. The zero-order valence-corrected chi connectivity index (χ0v) is 19.1. The Bertz CT molecular complexity index is 1230. The molecule has 1 aliphatic rings. The third-order valence-electron chi connectivity index (χ3n) is 5.09. The number of hydrogen-bond acceptors (Lipinski definition) is 6.